The second-order valence-corrected chi connectivity index (χ2v) is 5.79. The molecule has 1 aromatic carbocycles. The Hall–Kier alpha value is -1.60. The number of nitrogens with two attached hydrogens (primary N) is 1. The molecule has 1 saturated heterocycles. The van der Waals surface area contributed by atoms with Crippen LogP contribution in [-0.4, -0.2) is 49.6 Å². The number of likely N-dealkylation sites (N-methyl/N-ethyl adjacent to an activating group) is 1. The van der Waals surface area contributed by atoms with Gasteiger partial charge in [-0.3, -0.25) is 9.59 Å². The average Bonchev–Trinajstić information content (AvgIpc) is 2.49. The van der Waals surface area contributed by atoms with Crippen LogP contribution in [0.3, 0.4) is 0 Å². The molecule has 1 heterocycles. The molecule has 21 heavy (non-hydrogen) atoms. The molecule has 114 valence electrons. The molecule has 1 aliphatic rings. The topological polar surface area (TPSA) is 84.7 Å². The van der Waals surface area contributed by atoms with Gasteiger partial charge in [0.25, 0.3) is 5.91 Å². The molecule has 0 aromatic heterocycles. The second kappa shape index (κ2) is 6.44. The van der Waals surface area contributed by atoms with Crippen LogP contribution < -0.4 is 11.1 Å². The zero-order chi connectivity index (χ0) is 15.6. The summed E-state index contributed by atoms with van der Waals surface area (Å²) >= 11 is 3.34. The summed E-state index contributed by atoms with van der Waals surface area (Å²) in [5.74, 6) is -0.443. The molecule has 7 heteroatoms. The number of nitrogens with zero attached hydrogens (tertiary/aromatic N) is 1. The van der Waals surface area contributed by atoms with Gasteiger partial charge < -0.3 is 20.7 Å². The molecule has 1 fully saturated rings. The van der Waals surface area contributed by atoms with Crippen LogP contribution in [0.25, 0.3) is 0 Å². The van der Waals surface area contributed by atoms with Crippen LogP contribution in [0.15, 0.2) is 16.6 Å². The van der Waals surface area contributed by atoms with Crippen molar-refractivity contribution in [3.8, 4) is 0 Å². The van der Waals surface area contributed by atoms with E-state index in [1.54, 1.807) is 26.1 Å². The SMILES string of the molecule is CNC(=O)C1COCCN1C(=O)c1cc(Br)cc(N)c1C. The van der Waals surface area contributed by atoms with Gasteiger partial charge in [0.15, 0.2) is 0 Å². The Kier molecular flexibility index (Phi) is 4.84. The predicted molar refractivity (Wildman–Crippen MR) is 83.0 cm³/mol. The number of nitrogens with one attached hydrogen (secondary N) is 1. The fraction of sp³-hybridized carbons (Fsp3) is 0.429. The summed E-state index contributed by atoms with van der Waals surface area (Å²) in [5, 5.41) is 2.56. The third kappa shape index (κ3) is 3.19. The zero-order valence-electron chi connectivity index (χ0n) is 12.0. The summed E-state index contributed by atoms with van der Waals surface area (Å²) in [6.45, 7) is 2.79. The fourth-order valence-electron chi connectivity index (χ4n) is 2.31. The van der Waals surface area contributed by atoms with Gasteiger partial charge in [-0.15, -0.1) is 0 Å². The van der Waals surface area contributed by atoms with Crippen LogP contribution in [0.1, 0.15) is 15.9 Å². The molecule has 2 rings (SSSR count). The Morgan fingerprint density at radius 2 is 2.19 bits per heavy atom. The Labute approximate surface area is 131 Å². The number of morpholine rings is 1. The van der Waals surface area contributed by atoms with Gasteiger partial charge in [-0.05, 0) is 24.6 Å². The normalized spacial score (nSPS) is 18.4. The molecule has 0 spiro atoms. The minimum atomic E-state index is -0.615. The molecule has 1 unspecified atom stereocenters. The van der Waals surface area contributed by atoms with Crippen molar-refractivity contribution in [2.45, 2.75) is 13.0 Å². The second-order valence-electron chi connectivity index (χ2n) is 4.87. The van der Waals surface area contributed by atoms with E-state index < -0.39 is 6.04 Å². The number of carbonyl (C=O) groups excluding carboxylic acids is 2. The van der Waals surface area contributed by atoms with E-state index in [0.29, 0.717) is 30.0 Å². The summed E-state index contributed by atoms with van der Waals surface area (Å²) in [6.07, 6.45) is 0. The van der Waals surface area contributed by atoms with Crippen molar-refractivity contribution in [1.82, 2.24) is 10.2 Å². The van der Waals surface area contributed by atoms with Crippen LogP contribution in [0.4, 0.5) is 5.69 Å². The first-order valence-electron chi connectivity index (χ1n) is 6.61. The van der Waals surface area contributed by atoms with Gasteiger partial charge in [0.05, 0.1) is 13.2 Å². The molecular weight excluding hydrogens is 338 g/mol. The Morgan fingerprint density at radius 3 is 2.86 bits per heavy atom. The van der Waals surface area contributed by atoms with Crippen molar-refractivity contribution >= 4 is 33.4 Å². The quantitative estimate of drug-likeness (QED) is 0.772. The summed E-state index contributed by atoms with van der Waals surface area (Å²) in [6, 6.07) is 2.86. The number of carbonyl (C=O) groups is 2. The van der Waals surface area contributed by atoms with Crippen molar-refractivity contribution in [1.29, 1.82) is 0 Å². The first-order valence-corrected chi connectivity index (χ1v) is 7.41. The van der Waals surface area contributed by atoms with E-state index in [4.69, 9.17) is 10.5 Å². The first-order chi connectivity index (χ1) is 9.95. The van der Waals surface area contributed by atoms with Gasteiger partial charge >= 0.3 is 0 Å². The number of amides is 2. The van der Waals surface area contributed by atoms with Crippen LogP contribution in [0.2, 0.25) is 0 Å². The number of anilines is 1. The van der Waals surface area contributed by atoms with Gasteiger partial charge in [0.2, 0.25) is 5.91 Å². The number of halogens is 1. The van der Waals surface area contributed by atoms with Crippen molar-refractivity contribution < 1.29 is 14.3 Å². The number of hydrogen-bond donors (Lipinski definition) is 2. The third-order valence-corrected chi connectivity index (χ3v) is 4.04. The first kappa shape index (κ1) is 15.8. The van der Waals surface area contributed by atoms with Crippen LogP contribution >= 0.6 is 15.9 Å². The summed E-state index contributed by atoms with van der Waals surface area (Å²) in [5.41, 5.74) is 7.66. The average molecular weight is 356 g/mol. The lowest BCUT2D eigenvalue weighted by molar-refractivity contribution is -0.130. The summed E-state index contributed by atoms with van der Waals surface area (Å²) in [4.78, 5) is 26.2. The van der Waals surface area contributed by atoms with Crippen LogP contribution in [0, 0.1) is 6.92 Å². The van der Waals surface area contributed by atoms with E-state index in [0.717, 1.165) is 4.47 Å². The maximum Gasteiger partial charge on any atom is 0.255 e. The Bertz CT molecular complexity index is 577. The van der Waals surface area contributed by atoms with Crippen molar-refractivity contribution in [3.63, 3.8) is 0 Å². The fourth-order valence-corrected chi connectivity index (χ4v) is 2.78. The highest BCUT2D eigenvalue weighted by molar-refractivity contribution is 9.10. The number of hydrogen-bond acceptors (Lipinski definition) is 4. The molecule has 0 bridgehead atoms. The molecule has 1 atom stereocenters. The number of ether oxygens (including phenoxy) is 1. The standard InChI is InChI=1S/C14H18BrN3O3/c1-8-10(5-9(15)6-11(8)16)14(20)18-3-4-21-7-12(18)13(19)17-2/h5-6,12H,3-4,7,16H2,1-2H3,(H,17,19). The number of nitrogen functional groups attached to an aromatic ring is 1. The largest absolute Gasteiger partial charge is 0.398 e. The van der Waals surface area contributed by atoms with Gasteiger partial charge in [0.1, 0.15) is 6.04 Å². The molecule has 0 aliphatic carbocycles. The predicted octanol–water partition coefficient (Wildman–Crippen LogP) is 0.927. The third-order valence-electron chi connectivity index (χ3n) is 3.58. The molecular formula is C14H18BrN3O3. The lowest BCUT2D eigenvalue weighted by Gasteiger charge is -2.34. The van der Waals surface area contributed by atoms with Gasteiger partial charge in [-0.1, -0.05) is 15.9 Å². The maximum atomic E-state index is 12.8. The summed E-state index contributed by atoms with van der Waals surface area (Å²) < 4.78 is 6.05. The van der Waals surface area contributed by atoms with E-state index in [-0.39, 0.29) is 18.4 Å². The summed E-state index contributed by atoms with van der Waals surface area (Å²) in [7, 11) is 1.54. The maximum absolute atomic E-state index is 12.8. The molecule has 2 amide bonds. The minimum Gasteiger partial charge on any atom is -0.398 e. The Morgan fingerprint density at radius 1 is 1.48 bits per heavy atom. The van der Waals surface area contributed by atoms with Crippen LogP contribution in [0.5, 0.6) is 0 Å². The van der Waals surface area contributed by atoms with Gasteiger partial charge in [-0.25, -0.2) is 0 Å². The van der Waals surface area contributed by atoms with Gasteiger partial charge in [0, 0.05) is 29.3 Å². The minimum absolute atomic E-state index is 0.202. The van der Waals surface area contributed by atoms with Crippen LogP contribution in [-0.2, 0) is 9.53 Å². The molecule has 1 aromatic rings. The van der Waals surface area contributed by atoms with E-state index in [2.05, 4.69) is 21.2 Å². The monoisotopic (exact) mass is 355 g/mol. The number of benzene rings is 1. The molecule has 0 radical (unpaired) electrons. The van der Waals surface area contributed by atoms with Crippen molar-refractivity contribution in [2.75, 3.05) is 32.5 Å². The molecule has 6 nitrogen and oxygen atoms in total. The van der Waals surface area contributed by atoms with Gasteiger partial charge in [-0.2, -0.15) is 0 Å². The Balaban J connectivity index is 2.35. The van der Waals surface area contributed by atoms with E-state index in [9.17, 15) is 9.59 Å². The molecule has 3 N–H and O–H groups in total. The van der Waals surface area contributed by atoms with E-state index >= 15 is 0 Å². The van der Waals surface area contributed by atoms with Crippen molar-refractivity contribution in [2.24, 2.45) is 0 Å². The lowest BCUT2D eigenvalue weighted by Crippen LogP contribution is -2.55. The highest BCUT2D eigenvalue weighted by atomic mass is 79.9. The highest BCUT2D eigenvalue weighted by Crippen LogP contribution is 2.25. The number of rotatable bonds is 2. The highest BCUT2D eigenvalue weighted by Gasteiger charge is 2.33. The lowest BCUT2D eigenvalue weighted by atomic mass is 10.0. The van der Waals surface area contributed by atoms with E-state index in [1.165, 1.54) is 4.90 Å². The van der Waals surface area contributed by atoms with Crippen molar-refractivity contribution in [3.05, 3.63) is 27.7 Å². The molecule has 1 aliphatic heterocycles. The zero-order valence-corrected chi connectivity index (χ0v) is 13.6. The van der Waals surface area contributed by atoms with E-state index in [1.807, 2.05) is 0 Å². The molecule has 0 saturated carbocycles. The smallest absolute Gasteiger partial charge is 0.255 e.